The Morgan fingerprint density at radius 1 is 1.14 bits per heavy atom. The molecule has 194 valence electrons. The number of nitrogens with zero attached hydrogens (tertiary/aromatic N) is 3. The number of halogens is 2. The van der Waals surface area contributed by atoms with E-state index in [1.54, 1.807) is 18.2 Å². The van der Waals surface area contributed by atoms with Gasteiger partial charge >= 0.3 is 6.09 Å². The van der Waals surface area contributed by atoms with E-state index in [0.717, 1.165) is 18.2 Å². The third kappa shape index (κ3) is 4.51. The number of rotatable bonds is 6. The number of nitrogens with one attached hydrogen (secondary N) is 1. The maximum absolute atomic E-state index is 14.6. The summed E-state index contributed by atoms with van der Waals surface area (Å²) >= 11 is 0. The molecular formula is C25H24F2N4O5S. The standard InChI is InChI=1S/C25H24F2N4O5S/c1-15-14-36-12-11-31(15)21-13-20(29-23(30-21)16-5-7-17(8-6-16)28-24(32)33)25(9-10-25)37(34,35)22-18(26)3-2-4-19(22)27/h2-8,13,15,28H,9-12,14H2,1H3,(H,32,33)/t15-/m0/s1. The normalized spacial score (nSPS) is 18.9. The van der Waals surface area contributed by atoms with Crippen molar-refractivity contribution in [3.63, 3.8) is 0 Å². The molecule has 9 nitrogen and oxygen atoms in total. The van der Waals surface area contributed by atoms with E-state index < -0.39 is 37.2 Å². The maximum Gasteiger partial charge on any atom is 0.409 e. The van der Waals surface area contributed by atoms with Gasteiger partial charge in [0.25, 0.3) is 0 Å². The first-order valence-corrected chi connectivity index (χ1v) is 13.1. The van der Waals surface area contributed by atoms with E-state index in [1.165, 1.54) is 12.1 Å². The zero-order chi connectivity index (χ0) is 26.4. The van der Waals surface area contributed by atoms with Crippen LogP contribution in [-0.4, -0.2) is 55.4 Å². The summed E-state index contributed by atoms with van der Waals surface area (Å²) in [6.45, 7) is 3.37. The number of anilines is 2. The third-order valence-electron chi connectivity index (χ3n) is 6.64. The summed E-state index contributed by atoms with van der Waals surface area (Å²) < 4.78 is 60.4. The second-order valence-corrected chi connectivity index (χ2v) is 11.3. The maximum atomic E-state index is 14.6. The molecule has 1 amide bonds. The number of aromatic nitrogens is 2. The number of hydrogen-bond acceptors (Lipinski definition) is 7. The molecule has 0 spiro atoms. The Balaban J connectivity index is 1.64. The van der Waals surface area contributed by atoms with Gasteiger partial charge in [0.2, 0.25) is 0 Å². The Hall–Kier alpha value is -3.64. The number of carbonyl (C=O) groups is 1. The molecule has 37 heavy (non-hydrogen) atoms. The van der Waals surface area contributed by atoms with Crippen molar-refractivity contribution in [1.82, 2.24) is 9.97 Å². The fourth-order valence-corrected chi connectivity index (χ4v) is 6.61. The Morgan fingerprint density at radius 3 is 2.41 bits per heavy atom. The Kier molecular flexibility index (Phi) is 6.32. The molecular weight excluding hydrogens is 506 g/mol. The van der Waals surface area contributed by atoms with Crippen LogP contribution in [0.1, 0.15) is 25.5 Å². The number of benzene rings is 2. The van der Waals surface area contributed by atoms with Crippen LogP contribution in [0.5, 0.6) is 0 Å². The summed E-state index contributed by atoms with van der Waals surface area (Å²) in [6.07, 6.45) is -0.908. The summed E-state index contributed by atoms with van der Waals surface area (Å²) in [5.74, 6) is -1.62. The van der Waals surface area contributed by atoms with Crippen molar-refractivity contribution in [3.05, 3.63) is 65.9 Å². The molecule has 12 heteroatoms. The van der Waals surface area contributed by atoms with E-state index >= 15 is 0 Å². The van der Waals surface area contributed by atoms with Crippen molar-refractivity contribution < 1.29 is 31.8 Å². The van der Waals surface area contributed by atoms with Gasteiger partial charge in [-0.1, -0.05) is 6.07 Å². The van der Waals surface area contributed by atoms with E-state index in [4.69, 9.17) is 9.84 Å². The molecule has 1 aromatic heterocycles. The second kappa shape index (κ2) is 9.34. The van der Waals surface area contributed by atoms with Crippen LogP contribution in [0.2, 0.25) is 0 Å². The van der Waals surface area contributed by atoms with E-state index in [-0.39, 0.29) is 30.4 Å². The van der Waals surface area contributed by atoms with Crippen LogP contribution in [-0.2, 0) is 19.3 Å². The minimum Gasteiger partial charge on any atom is -0.465 e. The van der Waals surface area contributed by atoms with Crippen LogP contribution in [0.25, 0.3) is 11.4 Å². The molecule has 1 atom stereocenters. The first kappa shape index (κ1) is 25.0. The number of hydrogen-bond donors (Lipinski definition) is 2. The van der Waals surface area contributed by atoms with Crippen LogP contribution in [0, 0.1) is 11.6 Å². The lowest BCUT2D eigenvalue weighted by Gasteiger charge is -2.34. The lowest BCUT2D eigenvalue weighted by Crippen LogP contribution is -2.44. The fraction of sp³-hybridized carbons (Fsp3) is 0.320. The van der Waals surface area contributed by atoms with E-state index in [1.807, 2.05) is 11.8 Å². The van der Waals surface area contributed by atoms with Gasteiger partial charge in [0.15, 0.2) is 15.7 Å². The number of amides is 1. The minimum atomic E-state index is -4.48. The molecule has 2 aliphatic rings. The summed E-state index contributed by atoms with van der Waals surface area (Å²) in [5.41, 5.74) is 1.01. The monoisotopic (exact) mass is 530 g/mol. The van der Waals surface area contributed by atoms with Crippen LogP contribution >= 0.6 is 0 Å². The van der Waals surface area contributed by atoms with Crippen LogP contribution in [0.4, 0.5) is 25.1 Å². The van der Waals surface area contributed by atoms with Crippen LogP contribution < -0.4 is 10.2 Å². The summed E-state index contributed by atoms with van der Waals surface area (Å²) in [7, 11) is -4.48. The highest BCUT2D eigenvalue weighted by Gasteiger charge is 2.59. The van der Waals surface area contributed by atoms with Crippen LogP contribution in [0.3, 0.4) is 0 Å². The molecule has 0 unspecified atom stereocenters. The zero-order valence-electron chi connectivity index (χ0n) is 19.8. The van der Waals surface area contributed by atoms with Gasteiger partial charge in [-0.15, -0.1) is 0 Å². The van der Waals surface area contributed by atoms with E-state index in [2.05, 4.69) is 15.3 Å². The molecule has 0 bridgehead atoms. The summed E-state index contributed by atoms with van der Waals surface area (Å²) in [5, 5.41) is 11.2. The molecule has 2 N–H and O–H groups in total. The topological polar surface area (TPSA) is 122 Å². The summed E-state index contributed by atoms with van der Waals surface area (Å²) in [6, 6.07) is 10.8. The van der Waals surface area contributed by atoms with Gasteiger partial charge < -0.3 is 14.7 Å². The second-order valence-electron chi connectivity index (χ2n) is 9.11. The molecule has 2 fully saturated rings. The van der Waals surface area contributed by atoms with Gasteiger partial charge in [-0.25, -0.2) is 32.0 Å². The minimum absolute atomic E-state index is 0.0535. The molecule has 1 saturated heterocycles. The number of morpholine rings is 1. The van der Waals surface area contributed by atoms with Crippen molar-refractivity contribution >= 4 is 27.4 Å². The number of ether oxygens (including phenoxy) is 1. The SMILES string of the molecule is C[C@H]1COCCN1c1cc(C2(S(=O)(=O)c3c(F)cccc3F)CC2)nc(-c2ccc(NC(=O)O)cc2)n1. The van der Waals surface area contributed by atoms with Crippen molar-refractivity contribution in [1.29, 1.82) is 0 Å². The van der Waals surface area contributed by atoms with Crippen molar-refractivity contribution in [3.8, 4) is 11.4 Å². The predicted molar refractivity (Wildman–Crippen MR) is 131 cm³/mol. The Labute approximate surface area is 212 Å². The largest absolute Gasteiger partial charge is 0.465 e. The lowest BCUT2D eigenvalue weighted by atomic mass is 10.1. The van der Waals surface area contributed by atoms with Crippen molar-refractivity contribution in [2.75, 3.05) is 30.0 Å². The third-order valence-corrected chi connectivity index (χ3v) is 9.22. The van der Waals surface area contributed by atoms with Gasteiger partial charge in [-0.2, -0.15) is 0 Å². The highest BCUT2D eigenvalue weighted by Crippen LogP contribution is 2.55. The highest BCUT2D eigenvalue weighted by atomic mass is 32.2. The summed E-state index contributed by atoms with van der Waals surface area (Å²) in [4.78, 5) is 21.2. The molecule has 5 rings (SSSR count). The van der Waals surface area contributed by atoms with E-state index in [9.17, 15) is 22.0 Å². The first-order chi connectivity index (χ1) is 17.6. The molecule has 0 radical (unpaired) electrons. The lowest BCUT2D eigenvalue weighted by molar-refractivity contribution is 0.0985. The molecule has 2 heterocycles. The number of carboxylic acid groups (broad SMARTS) is 1. The Bertz CT molecular complexity index is 1440. The predicted octanol–water partition coefficient (Wildman–Crippen LogP) is 4.20. The average Bonchev–Trinajstić information content (AvgIpc) is 3.67. The molecule has 1 aliphatic heterocycles. The molecule has 2 aromatic carbocycles. The van der Waals surface area contributed by atoms with Gasteiger partial charge in [0.1, 0.15) is 27.1 Å². The number of sulfone groups is 1. The average molecular weight is 531 g/mol. The van der Waals surface area contributed by atoms with Crippen molar-refractivity contribution in [2.24, 2.45) is 0 Å². The van der Waals surface area contributed by atoms with Gasteiger partial charge in [0, 0.05) is 23.9 Å². The first-order valence-electron chi connectivity index (χ1n) is 11.7. The molecule has 3 aromatic rings. The van der Waals surface area contributed by atoms with Crippen LogP contribution in [0.15, 0.2) is 53.4 Å². The Morgan fingerprint density at radius 2 is 1.81 bits per heavy atom. The highest BCUT2D eigenvalue weighted by molar-refractivity contribution is 7.92. The van der Waals surface area contributed by atoms with Gasteiger partial charge in [-0.3, -0.25) is 5.32 Å². The molecule has 1 aliphatic carbocycles. The smallest absolute Gasteiger partial charge is 0.409 e. The molecule has 1 saturated carbocycles. The fourth-order valence-electron chi connectivity index (χ4n) is 4.55. The quantitative estimate of drug-likeness (QED) is 0.486. The van der Waals surface area contributed by atoms with E-state index in [0.29, 0.717) is 36.8 Å². The van der Waals surface area contributed by atoms with Gasteiger partial charge in [0.05, 0.1) is 24.9 Å². The van der Waals surface area contributed by atoms with Gasteiger partial charge in [-0.05, 0) is 56.2 Å². The zero-order valence-corrected chi connectivity index (χ0v) is 20.6. The van der Waals surface area contributed by atoms with Crippen molar-refractivity contribution in [2.45, 2.75) is 35.4 Å².